The first-order valence-corrected chi connectivity index (χ1v) is 18.9. The van der Waals surface area contributed by atoms with Crippen LogP contribution in [-0.2, 0) is 14.3 Å². The largest absolute Gasteiger partial charge is 0.457 e. The van der Waals surface area contributed by atoms with Crippen molar-refractivity contribution < 1.29 is 19.4 Å². The summed E-state index contributed by atoms with van der Waals surface area (Å²) in [5, 5.41) is 9.55. The molecule has 0 fully saturated rings. The normalized spacial score (nSPS) is 13.0. The molecule has 45 heavy (non-hydrogen) atoms. The van der Waals surface area contributed by atoms with Crippen LogP contribution < -0.4 is 0 Å². The van der Waals surface area contributed by atoms with Gasteiger partial charge in [0.25, 0.3) is 0 Å². The van der Waals surface area contributed by atoms with E-state index >= 15 is 0 Å². The van der Waals surface area contributed by atoms with Crippen molar-refractivity contribution in [1.29, 1.82) is 0 Å². The molecule has 260 valence electrons. The highest BCUT2D eigenvalue weighted by atomic mass is 16.6. The predicted molar refractivity (Wildman–Crippen MR) is 196 cm³/mol. The summed E-state index contributed by atoms with van der Waals surface area (Å²) in [4.78, 5) is 12.1. The third kappa shape index (κ3) is 36.4. The quantitative estimate of drug-likeness (QED) is 0.0437. The van der Waals surface area contributed by atoms with Gasteiger partial charge in [-0.2, -0.15) is 0 Å². The van der Waals surface area contributed by atoms with Crippen molar-refractivity contribution in [3.05, 3.63) is 60.8 Å². The number of allylic oxidation sites excluding steroid dienone is 10. The van der Waals surface area contributed by atoms with Crippen molar-refractivity contribution in [2.75, 3.05) is 19.8 Å². The lowest BCUT2D eigenvalue weighted by Gasteiger charge is -2.15. The molecular formula is C41H72O4. The van der Waals surface area contributed by atoms with Crippen LogP contribution in [0.1, 0.15) is 168 Å². The van der Waals surface area contributed by atoms with E-state index in [1.807, 2.05) is 0 Å². The molecule has 0 aromatic rings. The minimum Gasteiger partial charge on any atom is -0.457 e. The Labute approximate surface area is 279 Å². The molecule has 0 amide bonds. The van der Waals surface area contributed by atoms with Crippen LogP contribution in [0.3, 0.4) is 0 Å². The van der Waals surface area contributed by atoms with E-state index in [-0.39, 0.29) is 19.2 Å². The average molecular weight is 629 g/mol. The maximum absolute atomic E-state index is 12.1. The van der Waals surface area contributed by atoms with E-state index < -0.39 is 6.10 Å². The number of hydrogen-bond donors (Lipinski definition) is 1. The molecule has 0 heterocycles. The second-order valence-corrected chi connectivity index (χ2v) is 12.3. The Hall–Kier alpha value is -1.91. The van der Waals surface area contributed by atoms with E-state index in [4.69, 9.17) is 9.47 Å². The fraction of sp³-hybridized carbons (Fsp3) is 0.732. The molecule has 0 aromatic heterocycles. The number of hydrogen-bond acceptors (Lipinski definition) is 4. The van der Waals surface area contributed by atoms with Gasteiger partial charge in [0.2, 0.25) is 0 Å². The first-order valence-electron chi connectivity index (χ1n) is 18.9. The maximum Gasteiger partial charge on any atom is 0.306 e. The molecule has 1 unspecified atom stereocenters. The molecular weight excluding hydrogens is 556 g/mol. The second kappa shape index (κ2) is 38.3. The highest BCUT2D eigenvalue weighted by Gasteiger charge is 2.13. The average Bonchev–Trinajstić information content (AvgIpc) is 3.05. The van der Waals surface area contributed by atoms with Gasteiger partial charge in [0, 0.05) is 13.0 Å². The third-order valence-corrected chi connectivity index (χ3v) is 7.83. The van der Waals surface area contributed by atoms with Crippen LogP contribution in [0.2, 0.25) is 0 Å². The second-order valence-electron chi connectivity index (χ2n) is 12.3. The summed E-state index contributed by atoms with van der Waals surface area (Å²) in [5.41, 5.74) is 0. The van der Waals surface area contributed by atoms with E-state index in [1.54, 1.807) is 0 Å². The molecule has 0 aliphatic heterocycles. The molecule has 0 aromatic carbocycles. The molecule has 0 saturated heterocycles. The van der Waals surface area contributed by atoms with Gasteiger partial charge in [-0.3, -0.25) is 4.79 Å². The Bertz CT molecular complexity index is 749. The number of aliphatic hydroxyl groups is 1. The number of esters is 1. The summed E-state index contributed by atoms with van der Waals surface area (Å²) in [6.45, 7) is 5.16. The van der Waals surface area contributed by atoms with Crippen LogP contribution in [0.15, 0.2) is 60.8 Å². The number of ether oxygens (including phenoxy) is 2. The topological polar surface area (TPSA) is 55.8 Å². The van der Waals surface area contributed by atoms with Gasteiger partial charge < -0.3 is 14.6 Å². The Morgan fingerprint density at radius 3 is 1.51 bits per heavy atom. The molecule has 0 aliphatic carbocycles. The van der Waals surface area contributed by atoms with Gasteiger partial charge >= 0.3 is 5.97 Å². The predicted octanol–water partition coefficient (Wildman–Crippen LogP) is 12.1. The van der Waals surface area contributed by atoms with Gasteiger partial charge in [-0.15, -0.1) is 0 Å². The Kier molecular flexibility index (Phi) is 36.6. The summed E-state index contributed by atoms with van der Waals surface area (Å²) >= 11 is 0. The summed E-state index contributed by atoms with van der Waals surface area (Å²) in [7, 11) is 0. The smallest absolute Gasteiger partial charge is 0.306 e. The van der Waals surface area contributed by atoms with Crippen molar-refractivity contribution in [3.8, 4) is 0 Å². The van der Waals surface area contributed by atoms with E-state index in [0.717, 1.165) is 57.8 Å². The monoisotopic (exact) mass is 629 g/mol. The molecule has 0 bridgehead atoms. The SMILES string of the molecule is CC/C=C\C/C=C\C/C=C\CCCCCC(=O)OC(CO)COCCCCCCCCCCCC/C=C\C/C=C\CCCCC. The zero-order valence-electron chi connectivity index (χ0n) is 29.6. The van der Waals surface area contributed by atoms with Crippen LogP contribution in [0, 0.1) is 0 Å². The van der Waals surface area contributed by atoms with Crippen molar-refractivity contribution in [1.82, 2.24) is 0 Å². The van der Waals surface area contributed by atoms with Crippen LogP contribution >= 0.6 is 0 Å². The minimum absolute atomic E-state index is 0.187. The number of carbonyl (C=O) groups excluding carboxylic acids is 1. The van der Waals surface area contributed by atoms with Gasteiger partial charge in [0.05, 0.1) is 13.2 Å². The highest BCUT2D eigenvalue weighted by Crippen LogP contribution is 2.12. The maximum atomic E-state index is 12.1. The lowest BCUT2D eigenvalue weighted by molar-refractivity contribution is -0.154. The van der Waals surface area contributed by atoms with Gasteiger partial charge in [0.1, 0.15) is 6.10 Å². The van der Waals surface area contributed by atoms with Crippen molar-refractivity contribution in [3.63, 3.8) is 0 Å². The standard InChI is InChI=1S/C41H72O4/c1-3-5-7-9-11-13-15-17-18-19-20-21-22-23-25-27-29-31-33-35-37-44-39-40(38-42)45-41(43)36-34-32-30-28-26-24-16-14-12-10-8-6-4-2/h6,8,11-14,17-18,24,26,40,42H,3-5,7,9-10,15-16,19-23,25,27-39H2,1-2H3/b8-6-,13-11-,14-12-,18-17-,26-24-. The Morgan fingerprint density at radius 1 is 0.556 bits per heavy atom. The zero-order valence-corrected chi connectivity index (χ0v) is 29.6. The van der Waals surface area contributed by atoms with Crippen molar-refractivity contribution in [2.24, 2.45) is 0 Å². The summed E-state index contributed by atoms with van der Waals surface area (Å²) in [6, 6.07) is 0. The number of rotatable bonds is 34. The molecule has 0 spiro atoms. The Balaban J connectivity index is 3.48. The number of carbonyl (C=O) groups is 1. The van der Waals surface area contributed by atoms with Gasteiger partial charge in [-0.1, -0.05) is 145 Å². The van der Waals surface area contributed by atoms with Crippen LogP contribution in [0.5, 0.6) is 0 Å². The summed E-state index contributed by atoms with van der Waals surface area (Å²) in [5.74, 6) is -0.233. The molecule has 0 saturated carbocycles. The fourth-order valence-electron chi connectivity index (χ4n) is 5.02. The molecule has 1 N–H and O–H groups in total. The van der Waals surface area contributed by atoms with Crippen LogP contribution in [0.4, 0.5) is 0 Å². The van der Waals surface area contributed by atoms with Crippen molar-refractivity contribution >= 4 is 5.97 Å². The molecule has 0 rings (SSSR count). The summed E-state index contributed by atoms with van der Waals surface area (Å²) in [6.07, 6.45) is 49.8. The lowest BCUT2D eigenvalue weighted by atomic mass is 10.1. The molecule has 1 atom stereocenters. The Morgan fingerprint density at radius 2 is 1.00 bits per heavy atom. The minimum atomic E-state index is -0.552. The first kappa shape index (κ1) is 43.1. The van der Waals surface area contributed by atoms with Gasteiger partial charge in [0.15, 0.2) is 0 Å². The number of aliphatic hydroxyl groups excluding tert-OH is 1. The molecule has 0 radical (unpaired) electrons. The van der Waals surface area contributed by atoms with Gasteiger partial charge in [-0.25, -0.2) is 0 Å². The van der Waals surface area contributed by atoms with E-state index in [0.29, 0.717) is 13.0 Å². The van der Waals surface area contributed by atoms with E-state index in [1.165, 1.54) is 89.9 Å². The third-order valence-electron chi connectivity index (χ3n) is 7.83. The fourth-order valence-corrected chi connectivity index (χ4v) is 5.02. The van der Waals surface area contributed by atoms with Crippen LogP contribution in [0.25, 0.3) is 0 Å². The van der Waals surface area contributed by atoms with Crippen molar-refractivity contribution in [2.45, 2.75) is 174 Å². The van der Waals surface area contributed by atoms with E-state index in [2.05, 4.69) is 74.6 Å². The van der Waals surface area contributed by atoms with E-state index in [9.17, 15) is 9.90 Å². The van der Waals surface area contributed by atoms with Gasteiger partial charge in [-0.05, 0) is 77.0 Å². The molecule has 4 nitrogen and oxygen atoms in total. The highest BCUT2D eigenvalue weighted by molar-refractivity contribution is 5.69. The summed E-state index contributed by atoms with van der Waals surface area (Å²) < 4.78 is 11.1. The first-order chi connectivity index (χ1) is 22.2. The van der Waals surface area contributed by atoms with Crippen LogP contribution in [-0.4, -0.2) is 37.0 Å². The zero-order chi connectivity index (χ0) is 32.7. The molecule has 4 heteroatoms. The molecule has 0 aliphatic rings. The lowest BCUT2D eigenvalue weighted by Crippen LogP contribution is -2.27. The number of unbranched alkanes of at least 4 members (excludes halogenated alkanes) is 16.